The number of hydrogen-bond donors (Lipinski definition) is 1. The van der Waals surface area contributed by atoms with Crippen molar-refractivity contribution >= 4 is 5.91 Å². The maximum Gasteiger partial charge on any atom is 0.222 e. The van der Waals surface area contributed by atoms with Crippen LogP contribution in [0.25, 0.3) is 0 Å². The van der Waals surface area contributed by atoms with Gasteiger partial charge in [0.1, 0.15) is 0 Å². The Morgan fingerprint density at radius 2 is 2.05 bits per heavy atom. The second kappa shape index (κ2) is 7.22. The number of piperidine rings is 1. The van der Waals surface area contributed by atoms with E-state index in [1.807, 2.05) is 4.90 Å². The third-order valence-corrected chi connectivity index (χ3v) is 4.32. The van der Waals surface area contributed by atoms with Crippen molar-refractivity contribution in [2.75, 3.05) is 39.8 Å². The highest BCUT2D eigenvalue weighted by Crippen LogP contribution is 2.14. The first-order valence-electron chi connectivity index (χ1n) is 7.49. The van der Waals surface area contributed by atoms with Gasteiger partial charge in [-0.15, -0.1) is 0 Å². The average molecular weight is 269 g/mol. The first-order valence-corrected chi connectivity index (χ1v) is 7.49. The molecule has 0 aromatic carbocycles. The zero-order chi connectivity index (χ0) is 13.7. The van der Waals surface area contributed by atoms with Crippen molar-refractivity contribution in [3.05, 3.63) is 0 Å². The third-order valence-electron chi connectivity index (χ3n) is 4.32. The minimum absolute atomic E-state index is 0.142. The van der Waals surface area contributed by atoms with Crippen LogP contribution in [0.3, 0.4) is 0 Å². The van der Waals surface area contributed by atoms with Crippen LogP contribution in [0.1, 0.15) is 32.1 Å². The number of nitrogens with two attached hydrogens (primary N) is 1. The largest absolute Gasteiger partial charge is 0.379 e. The predicted molar refractivity (Wildman–Crippen MR) is 74.9 cm³/mol. The topological polar surface area (TPSA) is 58.8 Å². The number of rotatable bonds is 5. The van der Waals surface area contributed by atoms with Crippen LogP contribution < -0.4 is 5.73 Å². The summed E-state index contributed by atoms with van der Waals surface area (Å²) < 4.78 is 5.40. The van der Waals surface area contributed by atoms with Gasteiger partial charge in [-0.05, 0) is 38.8 Å². The smallest absolute Gasteiger partial charge is 0.222 e. The third kappa shape index (κ3) is 4.16. The maximum absolute atomic E-state index is 11.9. The molecule has 0 aliphatic carbocycles. The molecule has 1 amide bonds. The fourth-order valence-corrected chi connectivity index (χ4v) is 3.03. The molecule has 0 bridgehead atoms. The van der Waals surface area contributed by atoms with Gasteiger partial charge in [0, 0.05) is 39.2 Å². The van der Waals surface area contributed by atoms with Gasteiger partial charge in [0.05, 0.1) is 6.10 Å². The summed E-state index contributed by atoms with van der Waals surface area (Å²) in [4.78, 5) is 16.3. The van der Waals surface area contributed by atoms with Crippen LogP contribution >= 0.6 is 0 Å². The molecule has 2 atom stereocenters. The molecule has 0 spiro atoms. The number of nitrogens with zero attached hydrogens (tertiary/aromatic N) is 2. The van der Waals surface area contributed by atoms with Crippen LogP contribution in [-0.4, -0.2) is 67.7 Å². The van der Waals surface area contributed by atoms with E-state index >= 15 is 0 Å². The van der Waals surface area contributed by atoms with E-state index in [0.717, 1.165) is 45.6 Å². The number of methoxy groups -OCH3 is 1. The number of hydrogen-bond acceptors (Lipinski definition) is 4. The highest BCUT2D eigenvalue weighted by atomic mass is 16.5. The summed E-state index contributed by atoms with van der Waals surface area (Å²) >= 11 is 0. The Morgan fingerprint density at radius 3 is 2.74 bits per heavy atom. The van der Waals surface area contributed by atoms with Crippen LogP contribution in [0.4, 0.5) is 0 Å². The lowest BCUT2D eigenvalue weighted by Gasteiger charge is -2.36. The molecule has 2 heterocycles. The fraction of sp³-hybridized carbons (Fsp3) is 0.929. The molecule has 0 aromatic heterocycles. The van der Waals surface area contributed by atoms with E-state index in [0.29, 0.717) is 12.3 Å². The number of carbonyl (C=O) groups is 1. The van der Waals surface area contributed by atoms with E-state index in [4.69, 9.17) is 10.5 Å². The molecule has 0 unspecified atom stereocenters. The van der Waals surface area contributed by atoms with Gasteiger partial charge in [0.25, 0.3) is 0 Å². The molecule has 19 heavy (non-hydrogen) atoms. The summed E-state index contributed by atoms with van der Waals surface area (Å²) in [5.41, 5.74) is 6.00. The molecule has 0 aromatic rings. The van der Waals surface area contributed by atoms with E-state index < -0.39 is 0 Å². The molecule has 0 saturated carbocycles. The van der Waals surface area contributed by atoms with Crippen LogP contribution in [0, 0.1) is 0 Å². The maximum atomic E-state index is 11.9. The molecule has 2 N–H and O–H groups in total. The van der Waals surface area contributed by atoms with Crippen molar-refractivity contribution in [3.8, 4) is 0 Å². The van der Waals surface area contributed by atoms with Crippen molar-refractivity contribution in [1.29, 1.82) is 0 Å². The molecule has 2 aliphatic heterocycles. The summed E-state index contributed by atoms with van der Waals surface area (Å²) in [5, 5.41) is 0. The quantitative estimate of drug-likeness (QED) is 0.786. The number of carbonyl (C=O) groups excluding carboxylic acids is 1. The van der Waals surface area contributed by atoms with Crippen LogP contribution in [-0.2, 0) is 9.53 Å². The minimum Gasteiger partial charge on any atom is -0.379 e. The van der Waals surface area contributed by atoms with E-state index in [1.165, 1.54) is 12.8 Å². The molecule has 2 rings (SSSR count). The number of likely N-dealkylation sites (tertiary alicyclic amines) is 2. The summed E-state index contributed by atoms with van der Waals surface area (Å²) in [7, 11) is 1.73. The SMILES string of the molecule is CO[C@@H]1CN(CCCC(=O)N2CCCC2)CC[C@@H]1N. The molecule has 0 radical (unpaired) electrons. The Hall–Kier alpha value is -0.650. The van der Waals surface area contributed by atoms with Gasteiger partial charge in [-0.25, -0.2) is 0 Å². The second-order valence-corrected chi connectivity index (χ2v) is 5.72. The fourth-order valence-electron chi connectivity index (χ4n) is 3.03. The minimum atomic E-state index is 0.142. The van der Waals surface area contributed by atoms with E-state index in [2.05, 4.69) is 4.90 Å². The van der Waals surface area contributed by atoms with E-state index in [9.17, 15) is 4.79 Å². The highest BCUT2D eigenvalue weighted by Gasteiger charge is 2.26. The van der Waals surface area contributed by atoms with Crippen LogP contribution in [0.5, 0.6) is 0 Å². The first kappa shape index (κ1) is 14.8. The number of ether oxygens (including phenoxy) is 1. The lowest BCUT2D eigenvalue weighted by molar-refractivity contribution is -0.130. The lowest BCUT2D eigenvalue weighted by Crippen LogP contribution is -2.51. The molecule has 5 heteroatoms. The van der Waals surface area contributed by atoms with Gasteiger partial charge in [-0.2, -0.15) is 0 Å². The van der Waals surface area contributed by atoms with E-state index in [-0.39, 0.29) is 12.1 Å². The van der Waals surface area contributed by atoms with Gasteiger partial charge >= 0.3 is 0 Å². The van der Waals surface area contributed by atoms with Crippen molar-refractivity contribution in [2.24, 2.45) is 5.73 Å². The molecule has 5 nitrogen and oxygen atoms in total. The lowest BCUT2D eigenvalue weighted by atomic mass is 10.0. The Morgan fingerprint density at radius 1 is 1.32 bits per heavy atom. The molecule has 110 valence electrons. The number of amides is 1. The van der Waals surface area contributed by atoms with Crippen molar-refractivity contribution in [1.82, 2.24) is 9.80 Å². The summed E-state index contributed by atoms with van der Waals surface area (Å²) in [6, 6.07) is 0.160. The van der Waals surface area contributed by atoms with Gasteiger partial charge in [0.15, 0.2) is 0 Å². The van der Waals surface area contributed by atoms with E-state index in [1.54, 1.807) is 7.11 Å². The van der Waals surface area contributed by atoms with Gasteiger partial charge in [-0.3, -0.25) is 4.79 Å². The summed E-state index contributed by atoms with van der Waals surface area (Å²) in [6.45, 7) is 4.83. The Balaban J connectivity index is 1.64. The zero-order valence-electron chi connectivity index (χ0n) is 12.0. The Labute approximate surface area is 116 Å². The molecule has 2 aliphatic rings. The van der Waals surface area contributed by atoms with Gasteiger partial charge < -0.3 is 20.3 Å². The molecular formula is C14H27N3O2. The summed E-state index contributed by atoms with van der Waals surface area (Å²) in [6.07, 6.45) is 5.10. The van der Waals surface area contributed by atoms with Crippen molar-refractivity contribution in [2.45, 2.75) is 44.2 Å². The van der Waals surface area contributed by atoms with Crippen molar-refractivity contribution in [3.63, 3.8) is 0 Å². The normalized spacial score (nSPS) is 28.8. The average Bonchev–Trinajstić information content (AvgIpc) is 2.94. The van der Waals surface area contributed by atoms with Gasteiger partial charge in [0.2, 0.25) is 5.91 Å². The first-order chi connectivity index (χ1) is 9.20. The second-order valence-electron chi connectivity index (χ2n) is 5.72. The highest BCUT2D eigenvalue weighted by molar-refractivity contribution is 5.76. The Bertz CT molecular complexity index is 292. The summed E-state index contributed by atoms with van der Waals surface area (Å²) in [5.74, 6) is 0.328. The molecule has 2 fully saturated rings. The Kier molecular flexibility index (Phi) is 5.60. The standard InChI is InChI=1S/C14H27N3O2/c1-19-13-11-16(10-6-12(13)15)7-4-5-14(18)17-8-2-3-9-17/h12-13H,2-11,15H2,1H3/t12-,13+/m0/s1. The van der Waals surface area contributed by atoms with Crippen molar-refractivity contribution < 1.29 is 9.53 Å². The molecule has 2 saturated heterocycles. The van der Waals surface area contributed by atoms with Gasteiger partial charge in [-0.1, -0.05) is 0 Å². The molecular weight excluding hydrogens is 242 g/mol. The monoisotopic (exact) mass is 269 g/mol. The van der Waals surface area contributed by atoms with Crippen LogP contribution in [0.15, 0.2) is 0 Å². The zero-order valence-corrected chi connectivity index (χ0v) is 12.0. The predicted octanol–water partition coefficient (Wildman–Crippen LogP) is 0.437. The van der Waals surface area contributed by atoms with Crippen LogP contribution in [0.2, 0.25) is 0 Å².